The fourth-order valence-corrected chi connectivity index (χ4v) is 3.76. The van der Waals surface area contributed by atoms with Crippen LogP contribution < -0.4 is 4.90 Å². The molecule has 3 rings (SSSR count). The Hall–Kier alpha value is -2.09. The van der Waals surface area contributed by atoms with Gasteiger partial charge < -0.3 is 4.90 Å². The zero-order chi connectivity index (χ0) is 17.8. The number of aryl methyl sites for hydroxylation is 3. The lowest BCUT2D eigenvalue weighted by Crippen LogP contribution is -2.56. The molecule has 1 aliphatic rings. The number of hydrogen-bond donors (Lipinski definition) is 0. The Morgan fingerprint density at radius 3 is 2.44 bits per heavy atom. The Kier molecular flexibility index (Phi) is 5.57. The Labute approximate surface area is 151 Å². The molecule has 2 aromatic rings. The number of benzene rings is 2. The van der Waals surface area contributed by atoms with Crippen molar-refractivity contribution in [1.29, 1.82) is 0 Å². The summed E-state index contributed by atoms with van der Waals surface area (Å²) in [7, 11) is 0. The third-order valence-corrected chi connectivity index (χ3v) is 5.24. The average Bonchev–Trinajstić information content (AvgIpc) is 2.57. The van der Waals surface area contributed by atoms with Crippen molar-refractivity contribution in [1.82, 2.24) is 0 Å². The summed E-state index contributed by atoms with van der Waals surface area (Å²) in [5.41, 5.74) is 4.40. The fraction of sp³-hybridized carbons (Fsp3) is 0.391. The number of allylic oxidation sites excluding steroid dienone is 1. The molecule has 2 atom stereocenters. The zero-order valence-corrected chi connectivity index (χ0v) is 15.5. The Morgan fingerprint density at radius 2 is 1.76 bits per heavy atom. The quantitative estimate of drug-likeness (QED) is 0.585. The molecule has 0 amide bonds. The van der Waals surface area contributed by atoms with Crippen LogP contribution in [-0.4, -0.2) is 12.1 Å². The summed E-state index contributed by atoms with van der Waals surface area (Å²) >= 11 is 0. The molecule has 1 heterocycles. The van der Waals surface area contributed by atoms with Crippen molar-refractivity contribution in [2.24, 2.45) is 0 Å². The third-order valence-electron chi connectivity index (χ3n) is 5.24. The topological polar surface area (TPSA) is 3.24 Å². The first-order chi connectivity index (χ1) is 12.1. The molecule has 0 radical (unpaired) electrons. The minimum atomic E-state index is -0.0921. The van der Waals surface area contributed by atoms with E-state index in [0.717, 1.165) is 36.9 Å². The molecule has 0 aliphatic carbocycles. The van der Waals surface area contributed by atoms with Crippen molar-refractivity contribution in [2.45, 2.75) is 58.5 Å². The van der Waals surface area contributed by atoms with Gasteiger partial charge in [-0.25, -0.2) is 4.39 Å². The lowest BCUT2D eigenvalue weighted by Gasteiger charge is -2.50. The van der Waals surface area contributed by atoms with Crippen LogP contribution in [0.2, 0.25) is 0 Å². The van der Waals surface area contributed by atoms with Gasteiger partial charge in [0.05, 0.1) is 5.69 Å². The van der Waals surface area contributed by atoms with E-state index in [4.69, 9.17) is 0 Å². The van der Waals surface area contributed by atoms with Gasteiger partial charge in [-0.05, 0) is 69.7 Å². The van der Waals surface area contributed by atoms with Gasteiger partial charge in [-0.3, -0.25) is 0 Å². The first-order valence-electron chi connectivity index (χ1n) is 9.29. The van der Waals surface area contributed by atoms with Crippen LogP contribution in [0.25, 0.3) is 0 Å². The lowest BCUT2D eigenvalue weighted by molar-refractivity contribution is 0.319. The molecular formula is C23H28FN. The lowest BCUT2D eigenvalue weighted by atomic mass is 9.85. The molecule has 1 fully saturated rings. The summed E-state index contributed by atoms with van der Waals surface area (Å²) in [6.07, 6.45) is 8.53. The van der Waals surface area contributed by atoms with Gasteiger partial charge >= 0.3 is 0 Å². The Morgan fingerprint density at radius 1 is 1.04 bits per heavy atom. The first kappa shape index (κ1) is 17.7. The SMILES string of the molecule is C/C=C\CC1CC(CCc2ccc(C)cc2)N1c1ccc(C)cc1F. The summed E-state index contributed by atoms with van der Waals surface area (Å²) < 4.78 is 14.5. The molecule has 1 nitrogen and oxygen atoms in total. The van der Waals surface area contributed by atoms with Gasteiger partial charge in [-0.2, -0.15) is 0 Å². The molecular weight excluding hydrogens is 309 g/mol. The van der Waals surface area contributed by atoms with Gasteiger partial charge in [0.25, 0.3) is 0 Å². The summed E-state index contributed by atoms with van der Waals surface area (Å²) in [5.74, 6) is -0.0921. The van der Waals surface area contributed by atoms with E-state index in [1.54, 1.807) is 6.07 Å². The second-order valence-electron chi connectivity index (χ2n) is 7.23. The minimum absolute atomic E-state index is 0.0921. The predicted octanol–water partition coefficient (Wildman–Crippen LogP) is 5.99. The monoisotopic (exact) mass is 337 g/mol. The maximum atomic E-state index is 14.5. The highest BCUT2D eigenvalue weighted by atomic mass is 19.1. The highest BCUT2D eigenvalue weighted by Crippen LogP contribution is 2.38. The predicted molar refractivity (Wildman–Crippen MR) is 105 cm³/mol. The number of halogens is 1. The number of rotatable bonds is 6. The van der Waals surface area contributed by atoms with Crippen LogP contribution in [0.1, 0.15) is 42.9 Å². The zero-order valence-electron chi connectivity index (χ0n) is 15.5. The molecule has 1 aliphatic heterocycles. The average molecular weight is 337 g/mol. The van der Waals surface area contributed by atoms with Crippen LogP contribution in [0.15, 0.2) is 54.6 Å². The molecule has 0 saturated carbocycles. The molecule has 1 saturated heterocycles. The van der Waals surface area contributed by atoms with Gasteiger partial charge in [0, 0.05) is 12.1 Å². The van der Waals surface area contributed by atoms with E-state index in [-0.39, 0.29) is 5.82 Å². The maximum absolute atomic E-state index is 14.5. The second-order valence-corrected chi connectivity index (χ2v) is 7.23. The van der Waals surface area contributed by atoms with Crippen LogP contribution in [-0.2, 0) is 6.42 Å². The minimum Gasteiger partial charge on any atom is -0.363 e. The van der Waals surface area contributed by atoms with E-state index in [0.29, 0.717) is 12.1 Å². The smallest absolute Gasteiger partial charge is 0.146 e. The van der Waals surface area contributed by atoms with Crippen molar-refractivity contribution >= 4 is 5.69 Å². The maximum Gasteiger partial charge on any atom is 0.146 e. The second kappa shape index (κ2) is 7.86. The molecule has 25 heavy (non-hydrogen) atoms. The van der Waals surface area contributed by atoms with Crippen molar-refractivity contribution in [3.63, 3.8) is 0 Å². The summed E-state index contributed by atoms with van der Waals surface area (Å²) in [4.78, 5) is 2.31. The molecule has 0 bridgehead atoms. The summed E-state index contributed by atoms with van der Waals surface area (Å²) in [6.45, 7) is 6.10. The van der Waals surface area contributed by atoms with Crippen LogP contribution in [0.3, 0.4) is 0 Å². The molecule has 0 N–H and O–H groups in total. The fourth-order valence-electron chi connectivity index (χ4n) is 3.76. The molecule has 2 unspecified atom stereocenters. The van der Waals surface area contributed by atoms with Crippen LogP contribution >= 0.6 is 0 Å². The normalized spacial score (nSPS) is 20.1. The van der Waals surface area contributed by atoms with Crippen molar-refractivity contribution in [2.75, 3.05) is 4.90 Å². The van der Waals surface area contributed by atoms with E-state index >= 15 is 0 Å². The van der Waals surface area contributed by atoms with E-state index in [2.05, 4.69) is 48.2 Å². The molecule has 0 spiro atoms. The van der Waals surface area contributed by atoms with Crippen molar-refractivity contribution in [3.8, 4) is 0 Å². The number of hydrogen-bond acceptors (Lipinski definition) is 1. The highest BCUT2D eigenvalue weighted by molar-refractivity contribution is 5.54. The van der Waals surface area contributed by atoms with Gasteiger partial charge in [0.1, 0.15) is 5.82 Å². The Bertz CT molecular complexity index is 732. The van der Waals surface area contributed by atoms with E-state index in [1.807, 2.05) is 26.0 Å². The van der Waals surface area contributed by atoms with E-state index in [1.165, 1.54) is 11.1 Å². The van der Waals surface area contributed by atoms with Crippen LogP contribution in [0.5, 0.6) is 0 Å². The van der Waals surface area contributed by atoms with E-state index in [9.17, 15) is 4.39 Å². The van der Waals surface area contributed by atoms with Crippen LogP contribution in [0, 0.1) is 19.7 Å². The highest BCUT2D eigenvalue weighted by Gasteiger charge is 2.38. The molecule has 132 valence electrons. The standard InChI is InChI=1S/C23H28FN/c1-4-5-6-20-16-21(13-12-19-10-7-17(2)8-11-19)25(20)23-14-9-18(3)15-22(23)24/h4-5,7-11,14-15,20-21H,6,12-13,16H2,1-3H3/b5-4-. The number of anilines is 1. The molecule has 0 aromatic heterocycles. The number of nitrogens with zero attached hydrogens (tertiary/aromatic N) is 1. The summed E-state index contributed by atoms with van der Waals surface area (Å²) in [5, 5.41) is 0. The molecule has 2 aromatic carbocycles. The van der Waals surface area contributed by atoms with Gasteiger partial charge in [-0.1, -0.05) is 48.0 Å². The van der Waals surface area contributed by atoms with Gasteiger partial charge in [0.2, 0.25) is 0 Å². The molecule has 2 heteroatoms. The van der Waals surface area contributed by atoms with Crippen molar-refractivity contribution < 1.29 is 4.39 Å². The Balaban J connectivity index is 1.72. The first-order valence-corrected chi connectivity index (χ1v) is 9.29. The van der Waals surface area contributed by atoms with Crippen LogP contribution in [0.4, 0.5) is 10.1 Å². The van der Waals surface area contributed by atoms with Gasteiger partial charge in [-0.15, -0.1) is 0 Å². The van der Waals surface area contributed by atoms with Gasteiger partial charge in [0.15, 0.2) is 0 Å². The third kappa shape index (κ3) is 4.12. The van der Waals surface area contributed by atoms with E-state index < -0.39 is 0 Å². The summed E-state index contributed by atoms with van der Waals surface area (Å²) in [6, 6.07) is 15.2. The largest absolute Gasteiger partial charge is 0.363 e. The van der Waals surface area contributed by atoms with Crippen molar-refractivity contribution in [3.05, 3.63) is 77.1 Å².